The van der Waals surface area contributed by atoms with Gasteiger partial charge in [-0.05, 0) is 32.4 Å². The van der Waals surface area contributed by atoms with Crippen LogP contribution in [-0.4, -0.2) is 53.0 Å². The van der Waals surface area contributed by atoms with Gasteiger partial charge in [-0.15, -0.1) is 0 Å². The van der Waals surface area contributed by atoms with E-state index in [1.165, 1.54) is 0 Å². The highest BCUT2D eigenvalue weighted by Gasteiger charge is 2.50. The van der Waals surface area contributed by atoms with Gasteiger partial charge >= 0.3 is 0 Å². The van der Waals surface area contributed by atoms with Crippen molar-refractivity contribution >= 4 is 11.8 Å². The highest BCUT2D eigenvalue weighted by Crippen LogP contribution is 2.34. The molecule has 0 spiro atoms. The molecule has 0 radical (unpaired) electrons. The van der Waals surface area contributed by atoms with Crippen LogP contribution in [0.5, 0.6) is 0 Å². The molecule has 3 atom stereocenters. The van der Waals surface area contributed by atoms with Crippen LogP contribution in [0.1, 0.15) is 26.0 Å². The van der Waals surface area contributed by atoms with E-state index in [1.807, 2.05) is 36.9 Å². The summed E-state index contributed by atoms with van der Waals surface area (Å²) in [6.07, 6.45) is 2.57. The Bertz CT molecular complexity index is 576. The fraction of sp³-hybridized carbons (Fsp3) is 0.588. The maximum absolute atomic E-state index is 12.6. The van der Waals surface area contributed by atoms with Crippen molar-refractivity contribution in [2.24, 2.45) is 5.92 Å². The number of pyridine rings is 1. The number of rotatable bonds is 4. The number of nitrogens with one attached hydrogen (secondary N) is 1. The molecule has 3 rings (SSSR count). The van der Waals surface area contributed by atoms with E-state index in [1.54, 1.807) is 6.20 Å². The van der Waals surface area contributed by atoms with Gasteiger partial charge in [-0.1, -0.05) is 6.07 Å². The van der Waals surface area contributed by atoms with E-state index in [2.05, 4.69) is 10.3 Å². The minimum atomic E-state index is -0.280. The van der Waals surface area contributed by atoms with Crippen LogP contribution in [0, 0.1) is 5.92 Å². The van der Waals surface area contributed by atoms with E-state index >= 15 is 0 Å². The molecule has 1 aromatic rings. The van der Waals surface area contributed by atoms with Crippen molar-refractivity contribution in [2.75, 3.05) is 13.2 Å². The monoisotopic (exact) mass is 317 g/mol. The Morgan fingerprint density at radius 1 is 1.43 bits per heavy atom. The molecule has 1 aromatic heterocycles. The number of nitrogens with zero attached hydrogens (tertiary/aromatic N) is 2. The van der Waals surface area contributed by atoms with Gasteiger partial charge in [-0.3, -0.25) is 14.6 Å². The lowest BCUT2D eigenvalue weighted by Gasteiger charge is -2.22. The summed E-state index contributed by atoms with van der Waals surface area (Å²) in [6.45, 7) is 4.90. The highest BCUT2D eigenvalue weighted by atomic mass is 16.5. The largest absolute Gasteiger partial charge is 0.375 e. The lowest BCUT2D eigenvalue weighted by molar-refractivity contribution is -0.131. The summed E-state index contributed by atoms with van der Waals surface area (Å²) >= 11 is 0. The number of fused-ring (bicyclic) bond motifs is 1. The van der Waals surface area contributed by atoms with E-state index in [0.29, 0.717) is 13.2 Å². The second kappa shape index (κ2) is 6.66. The van der Waals surface area contributed by atoms with E-state index in [4.69, 9.17) is 4.74 Å². The number of hydrogen-bond acceptors (Lipinski definition) is 4. The molecule has 124 valence electrons. The van der Waals surface area contributed by atoms with Crippen molar-refractivity contribution in [2.45, 2.75) is 44.9 Å². The van der Waals surface area contributed by atoms with Gasteiger partial charge in [0.2, 0.25) is 11.8 Å². The SMILES string of the molecule is CC(C)NC(=O)[C@@H]1CN(C(=O)Cc2ccccn2)[C@H]2CCO[C@@H]12. The maximum Gasteiger partial charge on any atom is 0.228 e. The van der Waals surface area contributed by atoms with E-state index < -0.39 is 0 Å². The Labute approximate surface area is 136 Å². The normalized spacial score (nSPS) is 26.4. The molecule has 3 heterocycles. The van der Waals surface area contributed by atoms with E-state index in [-0.39, 0.29) is 42.3 Å². The lowest BCUT2D eigenvalue weighted by Crippen LogP contribution is -2.41. The summed E-state index contributed by atoms with van der Waals surface area (Å²) in [5, 5.41) is 2.94. The van der Waals surface area contributed by atoms with Gasteiger partial charge in [0.25, 0.3) is 0 Å². The van der Waals surface area contributed by atoms with Gasteiger partial charge in [0.05, 0.1) is 24.5 Å². The van der Waals surface area contributed by atoms with Crippen LogP contribution >= 0.6 is 0 Å². The molecule has 2 aliphatic heterocycles. The Morgan fingerprint density at radius 2 is 2.26 bits per heavy atom. The third-order valence-electron chi connectivity index (χ3n) is 4.44. The summed E-state index contributed by atoms with van der Waals surface area (Å²) in [4.78, 5) is 31.1. The standard InChI is InChI=1S/C17H23N3O3/c1-11(2)19-17(22)13-10-20(14-6-8-23-16(13)14)15(21)9-12-5-3-4-7-18-12/h3-5,7,11,13-14,16H,6,8-10H2,1-2H3,(H,19,22)/t13-,14+,16+/m1/s1. The van der Waals surface area contributed by atoms with Crippen LogP contribution in [0.25, 0.3) is 0 Å². The first kappa shape index (κ1) is 15.9. The van der Waals surface area contributed by atoms with Crippen LogP contribution in [-0.2, 0) is 20.7 Å². The average molecular weight is 317 g/mol. The molecule has 0 unspecified atom stereocenters. The molecule has 1 N–H and O–H groups in total. The van der Waals surface area contributed by atoms with Gasteiger partial charge in [-0.25, -0.2) is 0 Å². The number of amides is 2. The van der Waals surface area contributed by atoms with Crippen molar-refractivity contribution < 1.29 is 14.3 Å². The minimum absolute atomic E-state index is 0.00845. The molecule has 23 heavy (non-hydrogen) atoms. The summed E-state index contributed by atoms with van der Waals surface area (Å²) < 4.78 is 5.75. The van der Waals surface area contributed by atoms with Gasteiger partial charge in [0.1, 0.15) is 0 Å². The zero-order valence-corrected chi connectivity index (χ0v) is 13.6. The Morgan fingerprint density at radius 3 is 2.96 bits per heavy atom. The first-order chi connectivity index (χ1) is 11.1. The summed E-state index contributed by atoms with van der Waals surface area (Å²) in [7, 11) is 0. The van der Waals surface area contributed by atoms with Crippen LogP contribution < -0.4 is 5.32 Å². The molecule has 2 fully saturated rings. The summed E-state index contributed by atoms with van der Waals surface area (Å²) in [5.41, 5.74) is 0.753. The highest BCUT2D eigenvalue weighted by molar-refractivity contribution is 5.84. The molecule has 0 saturated carbocycles. The van der Waals surface area contributed by atoms with Crippen LogP contribution in [0.4, 0.5) is 0 Å². The Kier molecular flexibility index (Phi) is 4.61. The van der Waals surface area contributed by atoms with Crippen LogP contribution in [0.2, 0.25) is 0 Å². The van der Waals surface area contributed by atoms with Crippen molar-refractivity contribution in [1.29, 1.82) is 0 Å². The van der Waals surface area contributed by atoms with Crippen LogP contribution in [0.15, 0.2) is 24.4 Å². The molecule has 2 amide bonds. The fourth-order valence-corrected chi connectivity index (χ4v) is 3.44. The van der Waals surface area contributed by atoms with Gasteiger partial charge in [0.15, 0.2) is 0 Å². The first-order valence-corrected chi connectivity index (χ1v) is 8.17. The maximum atomic E-state index is 12.6. The Hall–Kier alpha value is -1.95. The third kappa shape index (κ3) is 3.37. The number of aromatic nitrogens is 1. The van der Waals surface area contributed by atoms with Gasteiger partial charge in [-0.2, -0.15) is 0 Å². The molecule has 6 heteroatoms. The van der Waals surface area contributed by atoms with E-state index in [0.717, 1.165) is 12.1 Å². The van der Waals surface area contributed by atoms with Crippen LogP contribution in [0.3, 0.4) is 0 Å². The number of carbonyl (C=O) groups is 2. The third-order valence-corrected chi connectivity index (χ3v) is 4.44. The molecule has 2 aliphatic rings. The number of hydrogen-bond donors (Lipinski definition) is 1. The van der Waals surface area contributed by atoms with E-state index in [9.17, 15) is 9.59 Å². The zero-order chi connectivity index (χ0) is 16.4. The predicted molar refractivity (Wildman–Crippen MR) is 84.6 cm³/mol. The van der Waals surface area contributed by atoms with Crippen molar-refractivity contribution in [3.63, 3.8) is 0 Å². The second-order valence-corrected chi connectivity index (χ2v) is 6.51. The molecule has 2 saturated heterocycles. The summed E-state index contributed by atoms with van der Waals surface area (Å²) in [5.74, 6) is -0.285. The zero-order valence-electron chi connectivity index (χ0n) is 13.6. The number of likely N-dealkylation sites (tertiary alicyclic amines) is 1. The fourth-order valence-electron chi connectivity index (χ4n) is 3.44. The number of ether oxygens (including phenoxy) is 1. The molecular weight excluding hydrogens is 294 g/mol. The first-order valence-electron chi connectivity index (χ1n) is 8.17. The molecule has 0 aliphatic carbocycles. The predicted octanol–water partition coefficient (Wildman–Crippen LogP) is 0.765. The molecular formula is C17H23N3O3. The molecule has 0 aromatic carbocycles. The van der Waals surface area contributed by atoms with Crippen molar-refractivity contribution in [3.05, 3.63) is 30.1 Å². The summed E-state index contributed by atoms with van der Waals surface area (Å²) in [6, 6.07) is 5.64. The topological polar surface area (TPSA) is 71.5 Å². The van der Waals surface area contributed by atoms with Gasteiger partial charge in [0, 0.05) is 31.1 Å². The second-order valence-electron chi connectivity index (χ2n) is 6.51. The molecule has 0 bridgehead atoms. The van der Waals surface area contributed by atoms with Crippen molar-refractivity contribution in [1.82, 2.24) is 15.2 Å². The Balaban J connectivity index is 1.70. The number of carbonyl (C=O) groups excluding carboxylic acids is 2. The molecule has 6 nitrogen and oxygen atoms in total. The smallest absolute Gasteiger partial charge is 0.228 e. The lowest BCUT2D eigenvalue weighted by atomic mass is 10.0. The van der Waals surface area contributed by atoms with Gasteiger partial charge < -0.3 is 15.0 Å². The average Bonchev–Trinajstić information content (AvgIpc) is 3.08. The quantitative estimate of drug-likeness (QED) is 0.890. The minimum Gasteiger partial charge on any atom is -0.375 e. The van der Waals surface area contributed by atoms with Crippen molar-refractivity contribution in [3.8, 4) is 0 Å².